The minimum atomic E-state index is -3.44. The standard InChI is InChI=1S/C10H11NO3S/c1-6-3-4-8-10(7(6)2)11-9(12)5-15(8,13)14/h3-4H,5H2,1-2H3,(H,11,12). The number of carbonyl (C=O) groups excluding carboxylic acids is 1. The summed E-state index contributed by atoms with van der Waals surface area (Å²) >= 11 is 0. The second-order valence-corrected chi connectivity index (χ2v) is 5.65. The molecule has 4 nitrogen and oxygen atoms in total. The zero-order valence-corrected chi connectivity index (χ0v) is 9.31. The van der Waals surface area contributed by atoms with Crippen LogP contribution in [0.2, 0.25) is 0 Å². The van der Waals surface area contributed by atoms with Gasteiger partial charge in [0.15, 0.2) is 9.84 Å². The molecule has 0 aromatic heterocycles. The third-order valence-electron chi connectivity index (χ3n) is 2.62. The Labute approximate surface area is 88.2 Å². The smallest absolute Gasteiger partial charge is 0.240 e. The van der Waals surface area contributed by atoms with Gasteiger partial charge in [-0.15, -0.1) is 0 Å². The van der Waals surface area contributed by atoms with Crippen molar-refractivity contribution < 1.29 is 13.2 Å². The number of carbonyl (C=O) groups is 1. The Kier molecular flexibility index (Phi) is 2.08. The average molecular weight is 225 g/mol. The molecule has 1 aliphatic heterocycles. The van der Waals surface area contributed by atoms with Gasteiger partial charge in [-0.3, -0.25) is 4.79 Å². The quantitative estimate of drug-likeness (QED) is 0.717. The first-order valence-electron chi connectivity index (χ1n) is 4.54. The van der Waals surface area contributed by atoms with E-state index >= 15 is 0 Å². The number of hydrogen-bond donors (Lipinski definition) is 1. The monoisotopic (exact) mass is 225 g/mol. The number of benzene rings is 1. The fourth-order valence-electron chi connectivity index (χ4n) is 1.63. The van der Waals surface area contributed by atoms with Gasteiger partial charge in [0, 0.05) is 0 Å². The van der Waals surface area contributed by atoms with Crippen LogP contribution < -0.4 is 5.32 Å². The highest BCUT2D eigenvalue weighted by atomic mass is 32.2. The third kappa shape index (κ3) is 1.52. The van der Waals surface area contributed by atoms with Crippen molar-refractivity contribution >= 4 is 21.4 Å². The minimum Gasteiger partial charge on any atom is -0.324 e. The van der Waals surface area contributed by atoms with E-state index in [2.05, 4.69) is 5.32 Å². The molecule has 0 saturated heterocycles. The normalized spacial score (nSPS) is 18.1. The SMILES string of the molecule is Cc1ccc2c(c1C)NC(=O)CS2(=O)=O. The Morgan fingerprint density at radius 2 is 1.93 bits per heavy atom. The van der Waals surface area contributed by atoms with E-state index in [1.165, 1.54) is 0 Å². The van der Waals surface area contributed by atoms with E-state index < -0.39 is 21.5 Å². The maximum absolute atomic E-state index is 11.7. The minimum absolute atomic E-state index is 0.227. The molecule has 0 unspecified atom stereocenters. The molecule has 15 heavy (non-hydrogen) atoms. The first-order chi connectivity index (χ1) is 6.92. The molecule has 0 radical (unpaired) electrons. The van der Waals surface area contributed by atoms with Crippen molar-refractivity contribution in [3.63, 3.8) is 0 Å². The van der Waals surface area contributed by atoms with E-state index in [4.69, 9.17) is 0 Å². The summed E-state index contributed by atoms with van der Waals surface area (Å²) in [6.45, 7) is 3.68. The molecule has 5 heteroatoms. The fraction of sp³-hybridized carbons (Fsp3) is 0.300. The Hall–Kier alpha value is -1.36. The van der Waals surface area contributed by atoms with Crippen molar-refractivity contribution in [3.05, 3.63) is 23.3 Å². The van der Waals surface area contributed by atoms with Crippen LogP contribution in [0.5, 0.6) is 0 Å². The van der Waals surface area contributed by atoms with Gasteiger partial charge in [0.2, 0.25) is 5.91 Å². The van der Waals surface area contributed by atoms with Crippen molar-refractivity contribution in [1.29, 1.82) is 0 Å². The highest BCUT2D eigenvalue weighted by molar-refractivity contribution is 7.92. The summed E-state index contributed by atoms with van der Waals surface area (Å²) in [7, 11) is -3.44. The second-order valence-electron chi connectivity index (χ2n) is 3.69. The molecule has 80 valence electrons. The Morgan fingerprint density at radius 1 is 1.27 bits per heavy atom. The number of nitrogens with one attached hydrogen (secondary N) is 1. The van der Waals surface area contributed by atoms with E-state index in [-0.39, 0.29) is 4.90 Å². The summed E-state index contributed by atoms with van der Waals surface area (Å²) in [5.74, 6) is -0.918. The Morgan fingerprint density at radius 3 is 2.60 bits per heavy atom. The van der Waals surface area contributed by atoms with Crippen LogP contribution in [0.15, 0.2) is 17.0 Å². The largest absolute Gasteiger partial charge is 0.324 e. The maximum atomic E-state index is 11.7. The first kappa shape index (κ1) is 10.2. The highest BCUT2D eigenvalue weighted by Crippen LogP contribution is 2.31. The zero-order valence-electron chi connectivity index (χ0n) is 8.49. The van der Waals surface area contributed by atoms with E-state index in [9.17, 15) is 13.2 Å². The van der Waals surface area contributed by atoms with Crippen LogP contribution in [0, 0.1) is 13.8 Å². The van der Waals surface area contributed by atoms with Crippen molar-refractivity contribution in [3.8, 4) is 0 Å². The maximum Gasteiger partial charge on any atom is 0.240 e. The summed E-state index contributed by atoms with van der Waals surface area (Å²) in [6, 6.07) is 3.30. The predicted molar refractivity (Wildman–Crippen MR) is 56.6 cm³/mol. The molecule has 1 aliphatic rings. The van der Waals surface area contributed by atoms with Crippen LogP contribution in [-0.2, 0) is 14.6 Å². The molecule has 1 amide bonds. The molecule has 1 N–H and O–H groups in total. The van der Waals surface area contributed by atoms with Gasteiger partial charge in [0.05, 0.1) is 10.6 Å². The first-order valence-corrected chi connectivity index (χ1v) is 6.20. The molecule has 0 saturated carbocycles. The van der Waals surface area contributed by atoms with E-state index in [0.717, 1.165) is 11.1 Å². The summed E-state index contributed by atoms with van der Waals surface area (Å²) in [5, 5.41) is 2.61. The molecule has 2 rings (SSSR count). The van der Waals surface area contributed by atoms with Crippen LogP contribution in [0.4, 0.5) is 5.69 Å². The number of rotatable bonds is 0. The topological polar surface area (TPSA) is 63.2 Å². The van der Waals surface area contributed by atoms with Crippen LogP contribution >= 0.6 is 0 Å². The average Bonchev–Trinajstić information content (AvgIpc) is 2.10. The number of hydrogen-bond acceptors (Lipinski definition) is 3. The van der Waals surface area contributed by atoms with Gasteiger partial charge in [-0.2, -0.15) is 0 Å². The molecule has 1 aromatic rings. The second kappa shape index (κ2) is 3.06. The Bertz CT molecular complexity index is 546. The molecule has 0 atom stereocenters. The number of sulfone groups is 1. The molecule has 0 spiro atoms. The van der Waals surface area contributed by atoms with Gasteiger partial charge in [-0.25, -0.2) is 8.42 Å². The van der Waals surface area contributed by atoms with Gasteiger partial charge < -0.3 is 5.32 Å². The van der Waals surface area contributed by atoms with Crippen molar-refractivity contribution in [2.75, 3.05) is 11.1 Å². The van der Waals surface area contributed by atoms with Crippen molar-refractivity contribution in [1.82, 2.24) is 0 Å². The summed E-state index contributed by atoms with van der Waals surface area (Å²) in [6.07, 6.45) is 0. The van der Waals surface area contributed by atoms with Gasteiger partial charge in [0.25, 0.3) is 0 Å². The fourth-order valence-corrected chi connectivity index (χ4v) is 2.99. The Balaban J connectivity index is 2.78. The highest BCUT2D eigenvalue weighted by Gasteiger charge is 2.29. The van der Waals surface area contributed by atoms with E-state index in [1.807, 2.05) is 6.92 Å². The van der Waals surface area contributed by atoms with Crippen LogP contribution in [0.1, 0.15) is 11.1 Å². The van der Waals surface area contributed by atoms with E-state index in [1.54, 1.807) is 19.1 Å². The van der Waals surface area contributed by atoms with Gasteiger partial charge in [-0.05, 0) is 31.0 Å². The zero-order chi connectivity index (χ0) is 11.2. The van der Waals surface area contributed by atoms with Crippen molar-refractivity contribution in [2.24, 2.45) is 0 Å². The van der Waals surface area contributed by atoms with Gasteiger partial charge >= 0.3 is 0 Å². The predicted octanol–water partition coefficient (Wildman–Crippen LogP) is 1.03. The third-order valence-corrected chi connectivity index (χ3v) is 4.27. The summed E-state index contributed by atoms with van der Waals surface area (Å²) in [4.78, 5) is 11.4. The molecule has 1 aromatic carbocycles. The number of anilines is 1. The van der Waals surface area contributed by atoms with Gasteiger partial charge in [0.1, 0.15) is 5.75 Å². The van der Waals surface area contributed by atoms with E-state index in [0.29, 0.717) is 5.69 Å². The van der Waals surface area contributed by atoms with Crippen LogP contribution in [0.25, 0.3) is 0 Å². The molecular formula is C10H11NO3S. The van der Waals surface area contributed by atoms with Crippen LogP contribution in [-0.4, -0.2) is 20.1 Å². The summed E-state index contributed by atoms with van der Waals surface area (Å²) in [5.41, 5.74) is 2.21. The molecule has 0 fully saturated rings. The lowest BCUT2D eigenvalue weighted by atomic mass is 10.1. The summed E-state index contributed by atoms with van der Waals surface area (Å²) < 4.78 is 23.4. The molecule has 0 bridgehead atoms. The van der Waals surface area contributed by atoms with Crippen LogP contribution in [0.3, 0.4) is 0 Å². The van der Waals surface area contributed by atoms with Gasteiger partial charge in [-0.1, -0.05) is 6.07 Å². The van der Waals surface area contributed by atoms with Crippen molar-refractivity contribution in [2.45, 2.75) is 18.7 Å². The lowest BCUT2D eigenvalue weighted by Crippen LogP contribution is -2.30. The lowest BCUT2D eigenvalue weighted by Gasteiger charge is -2.20. The number of amides is 1. The lowest BCUT2D eigenvalue weighted by molar-refractivity contribution is -0.114. The number of fused-ring (bicyclic) bond motifs is 1. The molecule has 0 aliphatic carbocycles. The molecule has 1 heterocycles. The number of aryl methyl sites for hydroxylation is 1. The molecular weight excluding hydrogens is 214 g/mol.